The molecular weight excluding hydrogens is 454 g/mol. The molecule has 0 saturated heterocycles. The minimum Gasteiger partial charge on any atom is -0.342 e. The Morgan fingerprint density at radius 3 is 2.30 bits per heavy atom. The summed E-state index contributed by atoms with van der Waals surface area (Å²) in [4.78, 5) is 2.51. The Morgan fingerprint density at radius 1 is 0.970 bits per heavy atom. The molecule has 0 aliphatic heterocycles. The highest BCUT2D eigenvalue weighted by Gasteiger charge is 2.17. The van der Waals surface area contributed by atoms with Crippen molar-refractivity contribution in [2.45, 2.75) is 37.6 Å². The number of fused-ring (bicyclic) bond motifs is 1. The normalized spacial score (nSPS) is 12.5. The summed E-state index contributed by atoms with van der Waals surface area (Å²) < 4.78 is 27.5. The minimum absolute atomic E-state index is 0.0475. The van der Waals surface area contributed by atoms with Gasteiger partial charge in [-0.3, -0.25) is 0 Å². The van der Waals surface area contributed by atoms with Crippen LogP contribution in [0, 0.1) is 0 Å². The number of hydrogen-bond donors (Lipinski definition) is 1. The minimum atomic E-state index is -3.76. The van der Waals surface area contributed by atoms with Gasteiger partial charge in [-0.05, 0) is 46.9 Å². The second-order valence-corrected chi connectivity index (χ2v) is 11.1. The van der Waals surface area contributed by atoms with E-state index >= 15 is 0 Å². The van der Waals surface area contributed by atoms with Gasteiger partial charge in [0.1, 0.15) is 0 Å². The average Bonchev–Trinajstić information content (AvgIpc) is 3.12. The highest BCUT2D eigenvalue weighted by molar-refractivity contribution is 7.89. The third-order valence-electron chi connectivity index (χ3n) is 5.49. The van der Waals surface area contributed by atoms with Gasteiger partial charge in [0.25, 0.3) is 10.0 Å². The van der Waals surface area contributed by atoms with E-state index < -0.39 is 10.0 Å². The third kappa shape index (κ3) is 5.29. The zero-order chi connectivity index (χ0) is 23.6. The maximum Gasteiger partial charge on any atom is 0.276 e. The zero-order valence-electron chi connectivity index (χ0n) is 18.8. The molecule has 0 aliphatic carbocycles. The molecule has 0 unspecified atom stereocenters. The highest BCUT2D eigenvalue weighted by Crippen LogP contribution is 2.24. The molecule has 170 valence electrons. The fourth-order valence-corrected chi connectivity index (χ4v) is 4.56. The van der Waals surface area contributed by atoms with E-state index in [1.165, 1.54) is 0 Å². The van der Waals surface area contributed by atoms with Gasteiger partial charge < -0.3 is 4.57 Å². The van der Waals surface area contributed by atoms with Crippen LogP contribution in [0.1, 0.15) is 37.5 Å². The van der Waals surface area contributed by atoms with Gasteiger partial charge in [-0.25, -0.2) is 4.83 Å². The number of nitrogens with one attached hydrogen (secondary N) is 1. The number of hydrazone groups is 1. The number of sulfonamides is 1. The Labute approximate surface area is 199 Å². The predicted octanol–water partition coefficient (Wildman–Crippen LogP) is 5.95. The lowest BCUT2D eigenvalue weighted by atomic mass is 9.87. The molecule has 0 amide bonds. The average molecular weight is 480 g/mol. The van der Waals surface area contributed by atoms with Crippen molar-refractivity contribution >= 4 is 38.7 Å². The van der Waals surface area contributed by atoms with E-state index in [2.05, 4.69) is 35.3 Å². The summed E-state index contributed by atoms with van der Waals surface area (Å²) in [5.41, 5.74) is 4.00. The number of nitrogens with zero attached hydrogens (tertiary/aromatic N) is 2. The molecule has 3 aromatic carbocycles. The Hall–Kier alpha value is -3.09. The van der Waals surface area contributed by atoms with E-state index in [9.17, 15) is 8.42 Å². The second kappa shape index (κ2) is 9.04. The van der Waals surface area contributed by atoms with Crippen molar-refractivity contribution in [2.24, 2.45) is 5.10 Å². The number of aromatic nitrogens is 1. The summed E-state index contributed by atoms with van der Waals surface area (Å²) in [5, 5.41) is 5.74. The molecule has 4 rings (SSSR count). The zero-order valence-corrected chi connectivity index (χ0v) is 20.4. The summed E-state index contributed by atoms with van der Waals surface area (Å²) in [6.07, 6.45) is 3.51. The van der Waals surface area contributed by atoms with Crippen LogP contribution in [0.25, 0.3) is 10.9 Å². The van der Waals surface area contributed by atoms with Gasteiger partial charge in [0.05, 0.1) is 11.1 Å². The molecule has 0 atom stereocenters. The van der Waals surface area contributed by atoms with E-state index in [0.717, 1.165) is 27.6 Å². The van der Waals surface area contributed by atoms with Crippen LogP contribution in [0.15, 0.2) is 89.0 Å². The van der Waals surface area contributed by atoms with Crippen LogP contribution in [0.5, 0.6) is 0 Å². The molecule has 0 saturated carbocycles. The maximum absolute atomic E-state index is 12.7. The van der Waals surface area contributed by atoms with Gasteiger partial charge in [-0.15, -0.1) is 0 Å². The first-order chi connectivity index (χ1) is 15.6. The van der Waals surface area contributed by atoms with E-state index in [4.69, 9.17) is 11.6 Å². The first-order valence-corrected chi connectivity index (χ1v) is 12.5. The molecular formula is C26H26ClN3O2S. The molecule has 7 heteroatoms. The number of para-hydroxylation sites is 1. The van der Waals surface area contributed by atoms with E-state index in [0.29, 0.717) is 11.6 Å². The molecule has 4 aromatic rings. The van der Waals surface area contributed by atoms with Crippen molar-refractivity contribution in [3.8, 4) is 0 Å². The fourth-order valence-electron chi connectivity index (χ4n) is 3.65. The predicted molar refractivity (Wildman–Crippen MR) is 136 cm³/mol. The molecule has 1 N–H and O–H groups in total. The first-order valence-electron chi connectivity index (χ1n) is 10.6. The van der Waals surface area contributed by atoms with Crippen molar-refractivity contribution in [3.05, 3.63) is 101 Å². The van der Waals surface area contributed by atoms with Crippen LogP contribution in [0.3, 0.4) is 0 Å². The van der Waals surface area contributed by atoms with Crippen molar-refractivity contribution in [1.82, 2.24) is 9.40 Å². The lowest BCUT2D eigenvalue weighted by Crippen LogP contribution is -2.19. The lowest BCUT2D eigenvalue weighted by molar-refractivity contribution is 0.580. The van der Waals surface area contributed by atoms with Gasteiger partial charge in [0.15, 0.2) is 0 Å². The topological polar surface area (TPSA) is 63.5 Å². The SMILES string of the molecule is CC(C)(C)c1ccc(S(=O)(=O)N/N=C\c2cn(Cc3ccc(Cl)cc3)c3ccccc23)cc1. The van der Waals surface area contributed by atoms with Crippen LogP contribution in [-0.4, -0.2) is 19.2 Å². The molecule has 0 aliphatic rings. The van der Waals surface area contributed by atoms with Gasteiger partial charge in [0.2, 0.25) is 0 Å². The Morgan fingerprint density at radius 2 is 1.64 bits per heavy atom. The first kappa shape index (κ1) is 23.1. The summed E-state index contributed by atoms with van der Waals surface area (Å²) in [6.45, 7) is 6.92. The molecule has 0 bridgehead atoms. The number of benzene rings is 3. The molecule has 5 nitrogen and oxygen atoms in total. The van der Waals surface area contributed by atoms with Crippen LogP contribution in [0.4, 0.5) is 0 Å². The van der Waals surface area contributed by atoms with Crippen LogP contribution in [-0.2, 0) is 22.0 Å². The van der Waals surface area contributed by atoms with Gasteiger partial charge >= 0.3 is 0 Å². The van der Waals surface area contributed by atoms with Crippen molar-refractivity contribution in [1.29, 1.82) is 0 Å². The van der Waals surface area contributed by atoms with Gasteiger partial charge in [-0.1, -0.05) is 74.8 Å². The number of hydrogen-bond acceptors (Lipinski definition) is 3. The molecule has 33 heavy (non-hydrogen) atoms. The van der Waals surface area contributed by atoms with Gasteiger partial charge in [-0.2, -0.15) is 13.5 Å². The number of rotatable bonds is 6. The summed E-state index contributed by atoms with van der Waals surface area (Å²) in [5.74, 6) is 0. The molecule has 0 spiro atoms. The van der Waals surface area contributed by atoms with Crippen LogP contribution < -0.4 is 4.83 Å². The van der Waals surface area contributed by atoms with Crippen molar-refractivity contribution < 1.29 is 8.42 Å². The van der Waals surface area contributed by atoms with Crippen LogP contribution in [0.2, 0.25) is 5.02 Å². The lowest BCUT2D eigenvalue weighted by Gasteiger charge is -2.19. The summed E-state index contributed by atoms with van der Waals surface area (Å²) >= 11 is 6.00. The molecule has 1 heterocycles. The van der Waals surface area contributed by atoms with E-state index in [1.54, 1.807) is 18.3 Å². The van der Waals surface area contributed by atoms with Gasteiger partial charge in [0, 0.05) is 34.2 Å². The standard InChI is InChI=1S/C26H26ClN3O2S/c1-26(2,3)21-10-14-23(15-11-21)33(31,32)29-28-16-20-18-30(25-7-5-4-6-24(20)25)17-19-8-12-22(27)13-9-19/h4-16,18,29H,17H2,1-3H3/b28-16-. The Balaban J connectivity index is 1.56. The largest absolute Gasteiger partial charge is 0.342 e. The molecule has 0 radical (unpaired) electrons. The van der Waals surface area contributed by atoms with Crippen molar-refractivity contribution in [2.75, 3.05) is 0 Å². The number of halogens is 1. The van der Waals surface area contributed by atoms with E-state index in [-0.39, 0.29) is 10.3 Å². The summed E-state index contributed by atoms with van der Waals surface area (Å²) in [7, 11) is -3.76. The quantitative estimate of drug-likeness (QED) is 0.274. The Kier molecular flexibility index (Phi) is 6.32. The summed E-state index contributed by atoms with van der Waals surface area (Å²) in [6, 6.07) is 22.6. The molecule has 0 fully saturated rings. The Bertz CT molecular complexity index is 1400. The van der Waals surface area contributed by atoms with Crippen molar-refractivity contribution in [3.63, 3.8) is 0 Å². The third-order valence-corrected chi connectivity index (χ3v) is 6.98. The maximum atomic E-state index is 12.7. The van der Waals surface area contributed by atoms with Crippen LogP contribution >= 0.6 is 11.6 Å². The second-order valence-electron chi connectivity index (χ2n) is 8.98. The highest BCUT2D eigenvalue weighted by atomic mass is 35.5. The fraction of sp³-hybridized carbons (Fsp3) is 0.192. The monoisotopic (exact) mass is 479 g/mol. The van der Waals surface area contributed by atoms with E-state index in [1.807, 2.05) is 66.9 Å². The molecule has 1 aromatic heterocycles. The smallest absolute Gasteiger partial charge is 0.276 e.